The van der Waals surface area contributed by atoms with Gasteiger partial charge >= 0.3 is 0 Å². The van der Waals surface area contributed by atoms with Crippen molar-refractivity contribution < 1.29 is 4.79 Å². The number of rotatable bonds is 3. The number of nitrogens with two attached hydrogens (primary N) is 2. The molecule has 0 saturated heterocycles. The Morgan fingerprint density at radius 2 is 2.12 bits per heavy atom. The number of hydrogen-bond donors (Lipinski definition) is 2. The van der Waals surface area contributed by atoms with Gasteiger partial charge < -0.3 is 16.4 Å². The van der Waals surface area contributed by atoms with Crippen molar-refractivity contribution in [3.05, 3.63) is 17.8 Å². The van der Waals surface area contributed by atoms with E-state index in [0.29, 0.717) is 23.1 Å². The van der Waals surface area contributed by atoms with Crippen molar-refractivity contribution in [3.63, 3.8) is 0 Å². The highest BCUT2D eigenvalue weighted by Gasteiger charge is 2.23. The summed E-state index contributed by atoms with van der Waals surface area (Å²) in [5.74, 6) is 0.156. The summed E-state index contributed by atoms with van der Waals surface area (Å²) < 4.78 is 0. The number of nitrogens with zero attached hydrogens (tertiary/aromatic N) is 2. The van der Waals surface area contributed by atoms with Gasteiger partial charge in [-0.3, -0.25) is 4.79 Å². The third-order valence-corrected chi connectivity index (χ3v) is 3.36. The summed E-state index contributed by atoms with van der Waals surface area (Å²) in [5, 5.41) is 0. The minimum atomic E-state index is -0.482. The quantitative estimate of drug-likeness (QED) is 0.821. The molecule has 1 aliphatic rings. The van der Waals surface area contributed by atoms with E-state index in [4.69, 9.17) is 11.5 Å². The predicted octanol–water partition coefficient (Wildman–Crippen LogP) is 1.14. The zero-order valence-corrected chi connectivity index (χ0v) is 10.0. The van der Waals surface area contributed by atoms with Gasteiger partial charge in [0.15, 0.2) is 0 Å². The lowest BCUT2D eigenvalue weighted by molar-refractivity contribution is 0.100. The van der Waals surface area contributed by atoms with Gasteiger partial charge in [0, 0.05) is 13.1 Å². The van der Waals surface area contributed by atoms with Gasteiger partial charge in [-0.15, -0.1) is 0 Å². The van der Waals surface area contributed by atoms with E-state index in [1.54, 1.807) is 12.3 Å². The molecule has 1 saturated carbocycles. The molecule has 0 aliphatic heterocycles. The second-order valence-corrected chi connectivity index (χ2v) is 4.55. The van der Waals surface area contributed by atoms with E-state index in [1.807, 2.05) is 11.9 Å². The van der Waals surface area contributed by atoms with E-state index >= 15 is 0 Å². The fraction of sp³-hybridized carbons (Fsp3) is 0.500. The molecular weight excluding hydrogens is 216 g/mol. The monoisotopic (exact) mass is 234 g/mol. The molecule has 5 heteroatoms. The molecule has 1 heterocycles. The number of carbonyl (C=O) groups is 1. The van der Waals surface area contributed by atoms with Crippen molar-refractivity contribution in [1.29, 1.82) is 0 Å². The summed E-state index contributed by atoms with van der Waals surface area (Å²) in [4.78, 5) is 17.7. The van der Waals surface area contributed by atoms with Crippen LogP contribution in [0.15, 0.2) is 12.3 Å². The lowest BCUT2D eigenvalue weighted by Crippen LogP contribution is -2.32. The largest absolute Gasteiger partial charge is 0.397 e. The van der Waals surface area contributed by atoms with Gasteiger partial charge in [0.05, 0.1) is 17.4 Å². The molecule has 0 radical (unpaired) electrons. The van der Waals surface area contributed by atoms with Crippen LogP contribution in [-0.2, 0) is 0 Å². The third-order valence-electron chi connectivity index (χ3n) is 3.36. The molecule has 0 bridgehead atoms. The minimum Gasteiger partial charge on any atom is -0.397 e. The zero-order chi connectivity index (χ0) is 12.4. The molecule has 1 amide bonds. The van der Waals surface area contributed by atoms with Crippen molar-refractivity contribution in [2.45, 2.75) is 31.7 Å². The molecule has 0 spiro atoms. The van der Waals surface area contributed by atoms with Crippen molar-refractivity contribution >= 4 is 17.4 Å². The standard InChI is InChI=1S/C12H18N4O/c1-16(9-4-2-3-5-9)12-10(11(14)17)6-8(13)7-15-12/h6-7,9H,2-5,13H2,1H3,(H2,14,17). The first kappa shape index (κ1) is 11.7. The average molecular weight is 234 g/mol. The normalized spacial score (nSPS) is 16.1. The summed E-state index contributed by atoms with van der Waals surface area (Å²) in [6.45, 7) is 0. The number of carbonyl (C=O) groups excluding carboxylic acids is 1. The topological polar surface area (TPSA) is 85.2 Å². The van der Waals surface area contributed by atoms with Gasteiger partial charge in [0.1, 0.15) is 5.82 Å². The Bertz CT molecular complexity index is 427. The van der Waals surface area contributed by atoms with Crippen LogP contribution in [0.3, 0.4) is 0 Å². The number of amides is 1. The Morgan fingerprint density at radius 1 is 1.47 bits per heavy atom. The molecule has 0 atom stereocenters. The molecule has 2 rings (SSSR count). The van der Waals surface area contributed by atoms with Crippen molar-refractivity contribution in [2.24, 2.45) is 5.73 Å². The van der Waals surface area contributed by atoms with E-state index in [2.05, 4.69) is 4.98 Å². The smallest absolute Gasteiger partial charge is 0.252 e. The summed E-state index contributed by atoms with van der Waals surface area (Å²) >= 11 is 0. The Balaban J connectivity index is 2.33. The molecule has 92 valence electrons. The van der Waals surface area contributed by atoms with Gasteiger partial charge in [0.25, 0.3) is 5.91 Å². The maximum Gasteiger partial charge on any atom is 0.252 e. The van der Waals surface area contributed by atoms with Crippen molar-refractivity contribution in [1.82, 2.24) is 4.98 Å². The molecule has 4 N–H and O–H groups in total. The molecule has 0 aromatic carbocycles. The highest BCUT2D eigenvalue weighted by molar-refractivity contribution is 5.98. The van der Waals surface area contributed by atoms with Crippen LogP contribution in [0.25, 0.3) is 0 Å². The van der Waals surface area contributed by atoms with E-state index in [9.17, 15) is 4.79 Å². The SMILES string of the molecule is CN(c1ncc(N)cc1C(N)=O)C1CCCC1. The van der Waals surface area contributed by atoms with Crippen LogP contribution in [0.1, 0.15) is 36.0 Å². The van der Waals surface area contributed by atoms with Gasteiger partial charge in [-0.25, -0.2) is 4.98 Å². The summed E-state index contributed by atoms with van der Waals surface area (Å²) in [7, 11) is 1.96. The molecule has 1 aromatic heterocycles. The second kappa shape index (κ2) is 4.61. The lowest BCUT2D eigenvalue weighted by atomic mass is 10.1. The number of hydrogen-bond acceptors (Lipinski definition) is 4. The Hall–Kier alpha value is -1.78. The molecule has 1 fully saturated rings. The van der Waals surface area contributed by atoms with Gasteiger partial charge in [-0.2, -0.15) is 0 Å². The van der Waals surface area contributed by atoms with Crippen LogP contribution < -0.4 is 16.4 Å². The number of nitrogen functional groups attached to an aromatic ring is 1. The van der Waals surface area contributed by atoms with E-state index in [0.717, 1.165) is 12.8 Å². The Morgan fingerprint density at radius 3 is 2.71 bits per heavy atom. The van der Waals surface area contributed by atoms with Crippen LogP contribution in [-0.4, -0.2) is 24.0 Å². The molecule has 17 heavy (non-hydrogen) atoms. The fourth-order valence-electron chi connectivity index (χ4n) is 2.40. The van der Waals surface area contributed by atoms with Crippen LogP contribution in [0, 0.1) is 0 Å². The van der Waals surface area contributed by atoms with Crippen LogP contribution in [0.2, 0.25) is 0 Å². The lowest BCUT2D eigenvalue weighted by Gasteiger charge is -2.26. The maximum absolute atomic E-state index is 11.4. The number of pyridine rings is 1. The van der Waals surface area contributed by atoms with Crippen molar-refractivity contribution in [3.8, 4) is 0 Å². The van der Waals surface area contributed by atoms with E-state index < -0.39 is 5.91 Å². The summed E-state index contributed by atoms with van der Waals surface area (Å²) in [6.07, 6.45) is 6.31. The highest BCUT2D eigenvalue weighted by atomic mass is 16.1. The summed E-state index contributed by atoms with van der Waals surface area (Å²) in [6, 6.07) is 2.04. The van der Waals surface area contributed by atoms with Crippen LogP contribution in [0.4, 0.5) is 11.5 Å². The minimum absolute atomic E-state index is 0.402. The molecule has 0 unspecified atom stereocenters. The van der Waals surface area contributed by atoms with Crippen LogP contribution in [0.5, 0.6) is 0 Å². The first-order valence-electron chi connectivity index (χ1n) is 5.87. The third kappa shape index (κ3) is 2.33. The number of anilines is 2. The van der Waals surface area contributed by atoms with Gasteiger partial charge in [-0.1, -0.05) is 12.8 Å². The Labute approximate surface area is 101 Å². The average Bonchev–Trinajstić information content (AvgIpc) is 2.81. The Kier molecular flexibility index (Phi) is 3.17. The first-order chi connectivity index (χ1) is 8.09. The molecular formula is C12H18N4O. The van der Waals surface area contributed by atoms with Gasteiger partial charge in [-0.05, 0) is 18.9 Å². The molecule has 5 nitrogen and oxygen atoms in total. The highest BCUT2D eigenvalue weighted by Crippen LogP contribution is 2.28. The molecule has 1 aliphatic carbocycles. The second-order valence-electron chi connectivity index (χ2n) is 4.55. The maximum atomic E-state index is 11.4. The number of primary amides is 1. The molecule has 1 aromatic rings. The summed E-state index contributed by atoms with van der Waals surface area (Å²) in [5.41, 5.74) is 11.9. The zero-order valence-electron chi connectivity index (χ0n) is 10.0. The number of aromatic nitrogens is 1. The fourth-order valence-corrected chi connectivity index (χ4v) is 2.40. The van der Waals surface area contributed by atoms with E-state index in [-0.39, 0.29) is 0 Å². The first-order valence-corrected chi connectivity index (χ1v) is 5.87. The predicted molar refractivity (Wildman–Crippen MR) is 67.8 cm³/mol. The van der Waals surface area contributed by atoms with Crippen molar-refractivity contribution in [2.75, 3.05) is 17.7 Å². The van der Waals surface area contributed by atoms with Crippen LogP contribution >= 0.6 is 0 Å². The van der Waals surface area contributed by atoms with E-state index in [1.165, 1.54) is 12.8 Å². The van der Waals surface area contributed by atoms with Gasteiger partial charge in [0.2, 0.25) is 0 Å².